The lowest BCUT2D eigenvalue weighted by atomic mass is 10.3. The fourth-order valence-electron chi connectivity index (χ4n) is 1.68. The Morgan fingerprint density at radius 1 is 1.30 bits per heavy atom. The first-order valence-electron chi connectivity index (χ1n) is 6.75. The lowest BCUT2D eigenvalue weighted by Gasteiger charge is -2.08. The predicted molar refractivity (Wildman–Crippen MR) is 86.9 cm³/mol. The molecule has 0 aliphatic rings. The average molecular weight is 355 g/mol. The largest absolute Gasteiger partial charge is 0.484 e. The van der Waals surface area contributed by atoms with E-state index < -0.39 is 10.0 Å². The molecule has 0 aliphatic heterocycles. The maximum atomic E-state index is 12.2. The molecule has 2 aromatic rings. The molecule has 1 aromatic heterocycles. The molecule has 0 unspecified atom stereocenters. The van der Waals surface area contributed by atoms with Gasteiger partial charge in [-0.2, -0.15) is 0 Å². The van der Waals surface area contributed by atoms with Crippen LogP contribution < -0.4 is 14.8 Å². The van der Waals surface area contributed by atoms with Crippen LogP contribution in [0.25, 0.3) is 0 Å². The smallest absolute Gasteiger partial charge is 0.257 e. The Morgan fingerprint density at radius 2 is 2.00 bits per heavy atom. The summed E-state index contributed by atoms with van der Waals surface area (Å²) in [5.41, 5.74) is 0.682. The third kappa shape index (κ3) is 5.02. The Bertz CT molecular complexity index is 770. The molecular formula is C14H17N3O4S2. The minimum absolute atomic E-state index is 0.121. The zero-order valence-electron chi connectivity index (χ0n) is 12.7. The molecule has 0 fully saturated rings. The summed E-state index contributed by atoms with van der Waals surface area (Å²) >= 11 is 1.47. The normalized spacial score (nSPS) is 11.2. The topological polar surface area (TPSA) is 97.4 Å². The Labute approximate surface area is 138 Å². The van der Waals surface area contributed by atoms with Crippen molar-refractivity contribution in [1.29, 1.82) is 0 Å². The van der Waals surface area contributed by atoms with Gasteiger partial charge < -0.3 is 10.1 Å². The third-order valence-electron chi connectivity index (χ3n) is 2.89. The monoisotopic (exact) mass is 355 g/mol. The summed E-state index contributed by atoms with van der Waals surface area (Å²) < 4.78 is 32.1. The second-order valence-electron chi connectivity index (χ2n) is 4.62. The van der Waals surface area contributed by atoms with E-state index in [-0.39, 0.29) is 24.0 Å². The summed E-state index contributed by atoms with van der Waals surface area (Å²) in [6, 6.07) is 5.86. The van der Waals surface area contributed by atoms with Crippen LogP contribution in [0, 0.1) is 6.92 Å². The number of aryl methyl sites for hydroxylation is 1. The van der Waals surface area contributed by atoms with Gasteiger partial charge in [0.05, 0.1) is 22.1 Å². The van der Waals surface area contributed by atoms with Crippen molar-refractivity contribution in [3.63, 3.8) is 0 Å². The van der Waals surface area contributed by atoms with Crippen LogP contribution in [0.5, 0.6) is 5.75 Å². The number of nitrogens with zero attached hydrogens (tertiary/aromatic N) is 1. The number of aromatic nitrogens is 1. The van der Waals surface area contributed by atoms with Gasteiger partial charge in [0.2, 0.25) is 10.0 Å². The van der Waals surface area contributed by atoms with E-state index in [9.17, 15) is 13.2 Å². The van der Waals surface area contributed by atoms with Gasteiger partial charge in [-0.25, -0.2) is 18.1 Å². The molecule has 7 nitrogen and oxygen atoms in total. The van der Waals surface area contributed by atoms with Crippen LogP contribution in [0.4, 0.5) is 0 Å². The van der Waals surface area contributed by atoms with Gasteiger partial charge in [0.15, 0.2) is 6.61 Å². The van der Waals surface area contributed by atoms with Crippen molar-refractivity contribution in [3.05, 3.63) is 40.3 Å². The number of carbonyl (C=O) groups is 1. The second kappa shape index (κ2) is 7.53. The number of rotatable bonds is 7. The second-order valence-corrected chi connectivity index (χ2v) is 7.44. The van der Waals surface area contributed by atoms with Crippen LogP contribution in [0.1, 0.15) is 10.7 Å². The average Bonchev–Trinajstić information content (AvgIpc) is 2.96. The molecule has 0 radical (unpaired) electrons. The fourth-order valence-corrected chi connectivity index (χ4v) is 3.29. The maximum absolute atomic E-state index is 12.2. The van der Waals surface area contributed by atoms with Crippen LogP contribution in [-0.2, 0) is 21.4 Å². The number of thiazole rings is 1. The van der Waals surface area contributed by atoms with Crippen LogP contribution in [0.2, 0.25) is 0 Å². The van der Waals surface area contributed by atoms with Crippen molar-refractivity contribution in [2.75, 3.05) is 13.7 Å². The highest BCUT2D eigenvalue weighted by atomic mass is 32.2. The third-order valence-corrected chi connectivity index (χ3v) is 5.13. The molecule has 0 bridgehead atoms. The van der Waals surface area contributed by atoms with Gasteiger partial charge in [-0.05, 0) is 31.2 Å². The summed E-state index contributed by atoms with van der Waals surface area (Å²) in [5.74, 6) is 0.157. The predicted octanol–water partition coefficient (Wildman–Crippen LogP) is 1.05. The molecule has 23 heavy (non-hydrogen) atoms. The Hall–Kier alpha value is -1.97. The number of carbonyl (C=O) groups excluding carboxylic acids is 1. The molecule has 0 saturated heterocycles. The van der Waals surface area contributed by atoms with Gasteiger partial charge >= 0.3 is 0 Å². The summed E-state index contributed by atoms with van der Waals surface area (Å²) in [6.45, 7) is 1.88. The van der Waals surface area contributed by atoms with Crippen molar-refractivity contribution in [2.45, 2.75) is 18.4 Å². The maximum Gasteiger partial charge on any atom is 0.257 e. The van der Waals surface area contributed by atoms with Gasteiger partial charge in [0.1, 0.15) is 5.75 Å². The molecule has 9 heteroatoms. The van der Waals surface area contributed by atoms with E-state index in [1.165, 1.54) is 42.6 Å². The Kier molecular flexibility index (Phi) is 5.69. The van der Waals surface area contributed by atoms with Crippen molar-refractivity contribution in [3.8, 4) is 5.75 Å². The SMILES string of the molecule is CNC(=O)COc1ccc(S(=O)(=O)NCc2csc(C)n2)cc1. The molecule has 2 N–H and O–H groups in total. The standard InChI is InChI=1S/C14H17N3O4S2/c1-10-17-11(9-22-10)7-16-23(19,20)13-5-3-12(4-6-13)21-8-14(18)15-2/h3-6,9,16H,7-8H2,1-2H3,(H,15,18). The van der Waals surface area contributed by atoms with E-state index in [1.54, 1.807) is 0 Å². The number of ether oxygens (including phenoxy) is 1. The van der Waals surface area contributed by atoms with Crippen molar-refractivity contribution >= 4 is 27.3 Å². The first-order chi connectivity index (χ1) is 10.9. The number of likely N-dealkylation sites (N-methyl/N-ethyl adjacent to an activating group) is 1. The van der Waals surface area contributed by atoms with Crippen LogP contribution in [0.15, 0.2) is 34.5 Å². The minimum Gasteiger partial charge on any atom is -0.484 e. The molecule has 0 spiro atoms. The summed E-state index contributed by atoms with van der Waals surface area (Å²) in [7, 11) is -2.11. The van der Waals surface area contributed by atoms with E-state index in [0.717, 1.165) is 5.01 Å². The number of amides is 1. The molecule has 124 valence electrons. The Morgan fingerprint density at radius 3 is 2.57 bits per heavy atom. The van der Waals surface area contributed by atoms with Crippen LogP contribution >= 0.6 is 11.3 Å². The summed E-state index contributed by atoms with van der Waals surface area (Å²) in [6.07, 6.45) is 0. The van der Waals surface area contributed by atoms with E-state index in [0.29, 0.717) is 11.4 Å². The highest BCUT2D eigenvalue weighted by Crippen LogP contribution is 2.16. The molecule has 1 heterocycles. The molecule has 1 aromatic carbocycles. The first-order valence-corrected chi connectivity index (χ1v) is 9.11. The van der Waals surface area contributed by atoms with Crippen LogP contribution in [0.3, 0.4) is 0 Å². The summed E-state index contributed by atoms with van der Waals surface area (Å²) in [5, 5.41) is 5.13. The Balaban J connectivity index is 1.98. The van der Waals surface area contributed by atoms with Gasteiger partial charge in [-0.3, -0.25) is 4.79 Å². The van der Waals surface area contributed by atoms with E-state index in [2.05, 4.69) is 15.0 Å². The van der Waals surface area contributed by atoms with Crippen molar-refractivity contribution in [1.82, 2.24) is 15.0 Å². The minimum atomic E-state index is -3.62. The molecular weight excluding hydrogens is 338 g/mol. The van der Waals surface area contributed by atoms with Gasteiger partial charge in [0.25, 0.3) is 5.91 Å². The molecule has 0 saturated carbocycles. The molecule has 2 rings (SSSR count). The quantitative estimate of drug-likeness (QED) is 0.774. The highest BCUT2D eigenvalue weighted by molar-refractivity contribution is 7.89. The fraction of sp³-hybridized carbons (Fsp3) is 0.286. The summed E-state index contributed by atoms with van der Waals surface area (Å²) in [4.78, 5) is 15.4. The number of nitrogens with one attached hydrogen (secondary N) is 2. The zero-order chi connectivity index (χ0) is 16.9. The van der Waals surface area contributed by atoms with Gasteiger partial charge in [0, 0.05) is 12.4 Å². The lowest BCUT2D eigenvalue weighted by Crippen LogP contribution is -2.25. The number of sulfonamides is 1. The van der Waals surface area contributed by atoms with Crippen molar-refractivity contribution in [2.24, 2.45) is 0 Å². The molecule has 0 aliphatic carbocycles. The highest BCUT2D eigenvalue weighted by Gasteiger charge is 2.14. The molecule has 0 atom stereocenters. The molecule has 1 amide bonds. The van der Waals surface area contributed by atoms with E-state index in [4.69, 9.17) is 4.74 Å². The van der Waals surface area contributed by atoms with E-state index in [1.807, 2.05) is 12.3 Å². The van der Waals surface area contributed by atoms with Crippen LogP contribution in [-0.4, -0.2) is 33.0 Å². The van der Waals surface area contributed by atoms with E-state index >= 15 is 0 Å². The first kappa shape index (κ1) is 17.4. The van der Waals surface area contributed by atoms with Gasteiger partial charge in [-0.1, -0.05) is 0 Å². The number of hydrogen-bond acceptors (Lipinski definition) is 6. The zero-order valence-corrected chi connectivity index (χ0v) is 14.3. The van der Waals surface area contributed by atoms with Crippen molar-refractivity contribution < 1.29 is 17.9 Å². The van der Waals surface area contributed by atoms with Gasteiger partial charge in [-0.15, -0.1) is 11.3 Å². The number of hydrogen-bond donors (Lipinski definition) is 2. The number of benzene rings is 1. The lowest BCUT2D eigenvalue weighted by molar-refractivity contribution is -0.122.